The van der Waals surface area contributed by atoms with Crippen molar-refractivity contribution in [1.82, 2.24) is 4.98 Å². The van der Waals surface area contributed by atoms with Crippen molar-refractivity contribution in [3.8, 4) is 11.6 Å². The monoisotopic (exact) mass is 313 g/mol. The highest BCUT2D eigenvalue weighted by molar-refractivity contribution is 6.17. The molecule has 0 aliphatic heterocycles. The van der Waals surface area contributed by atoms with Gasteiger partial charge in [0, 0.05) is 11.4 Å². The number of carbonyl (C=O) groups excluding carboxylic acids is 1. The molecule has 0 saturated heterocycles. The van der Waals surface area contributed by atoms with Crippen molar-refractivity contribution < 1.29 is 32.2 Å². The molecule has 20 heavy (non-hydrogen) atoms. The number of halogens is 4. The lowest BCUT2D eigenvalue weighted by atomic mass is 10.2. The fourth-order valence-corrected chi connectivity index (χ4v) is 1.54. The Kier molecular flexibility index (Phi) is 5.43. The van der Waals surface area contributed by atoms with Crippen LogP contribution in [0.5, 0.6) is 11.6 Å². The smallest absolute Gasteiger partial charge is 0.478 e. The van der Waals surface area contributed by atoms with Gasteiger partial charge in [-0.15, -0.1) is 24.8 Å². The van der Waals surface area contributed by atoms with Crippen LogP contribution in [0.4, 0.5) is 13.2 Å². The molecule has 0 aliphatic rings. The Morgan fingerprint density at radius 3 is 2.55 bits per heavy atom. The van der Waals surface area contributed by atoms with Gasteiger partial charge in [-0.1, -0.05) is 0 Å². The first-order chi connectivity index (χ1) is 9.32. The first-order valence-corrected chi connectivity index (χ1v) is 5.92. The highest BCUT2D eigenvalue weighted by Crippen LogP contribution is 2.33. The number of hydrogen-bond donors (Lipinski definition) is 0. The molecule has 1 heterocycles. The molecule has 0 saturated carbocycles. The van der Waals surface area contributed by atoms with Gasteiger partial charge in [-0.3, -0.25) is 0 Å². The summed E-state index contributed by atoms with van der Waals surface area (Å²) in [7, 11) is 1.10. The SMILES string of the molecule is CCOC(=O)c1nc(OC)c(OC(F)(F)F)cc1CCl. The average molecular weight is 314 g/mol. The lowest BCUT2D eigenvalue weighted by Gasteiger charge is -2.14. The second kappa shape index (κ2) is 6.65. The average Bonchev–Trinajstić information content (AvgIpc) is 2.36. The number of ether oxygens (including phenoxy) is 3. The zero-order valence-corrected chi connectivity index (χ0v) is 11.3. The molecule has 0 aromatic carbocycles. The molecular formula is C11H11ClF3NO4. The van der Waals surface area contributed by atoms with Gasteiger partial charge in [0.25, 0.3) is 5.88 Å². The van der Waals surface area contributed by atoms with E-state index in [1.54, 1.807) is 6.92 Å². The molecular weight excluding hydrogens is 303 g/mol. The minimum absolute atomic E-state index is 0.0465. The number of aromatic nitrogens is 1. The maximum atomic E-state index is 12.2. The molecule has 0 spiro atoms. The van der Waals surface area contributed by atoms with Crippen molar-refractivity contribution in [2.75, 3.05) is 13.7 Å². The number of esters is 1. The fraction of sp³-hybridized carbons (Fsp3) is 0.455. The largest absolute Gasteiger partial charge is 0.573 e. The van der Waals surface area contributed by atoms with Crippen molar-refractivity contribution in [2.24, 2.45) is 0 Å². The number of rotatable bonds is 5. The van der Waals surface area contributed by atoms with Crippen LogP contribution in [0, 0.1) is 0 Å². The first kappa shape index (κ1) is 16.4. The van der Waals surface area contributed by atoms with Gasteiger partial charge >= 0.3 is 12.3 Å². The lowest BCUT2D eigenvalue weighted by molar-refractivity contribution is -0.275. The fourth-order valence-electron chi connectivity index (χ4n) is 1.34. The summed E-state index contributed by atoms with van der Waals surface area (Å²) in [5.41, 5.74) is -0.168. The topological polar surface area (TPSA) is 57.7 Å². The van der Waals surface area contributed by atoms with Gasteiger partial charge in [-0.05, 0) is 13.0 Å². The van der Waals surface area contributed by atoms with Crippen molar-refractivity contribution in [2.45, 2.75) is 19.2 Å². The quantitative estimate of drug-likeness (QED) is 0.618. The van der Waals surface area contributed by atoms with Crippen molar-refractivity contribution in [1.29, 1.82) is 0 Å². The Morgan fingerprint density at radius 2 is 2.10 bits per heavy atom. The summed E-state index contributed by atoms with van der Waals surface area (Å²) in [6.45, 7) is 1.67. The summed E-state index contributed by atoms with van der Waals surface area (Å²) in [5.74, 6) is -2.21. The maximum Gasteiger partial charge on any atom is 0.573 e. The standard InChI is InChI=1S/C11H11ClF3NO4/c1-3-19-10(17)8-6(5-12)4-7(9(16-8)18-2)20-11(13,14)15/h4H,3,5H2,1-2H3. The van der Waals surface area contributed by atoms with Crippen LogP contribution in [-0.2, 0) is 10.6 Å². The molecule has 0 radical (unpaired) electrons. The van der Waals surface area contributed by atoms with Gasteiger partial charge in [0.05, 0.1) is 13.7 Å². The summed E-state index contributed by atoms with van der Waals surface area (Å²) in [6, 6.07) is 0.943. The summed E-state index contributed by atoms with van der Waals surface area (Å²) < 4.78 is 49.9. The zero-order valence-electron chi connectivity index (χ0n) is 10.6. The van der Waals surface area contributed by atoms with Crippen LogP contribution < -0.4 is 9.47 Å². The number of alkyl halides is 4. The highest BCUT2D eigenvalue weighted by atomic mass is 35.5. The Labute approximate surface area is 117 Å². The molecule has 0 aliphatic carbocycles. The van der Waals surface area contributed by atoms with Gasteiger partial charge < -0.3 is 14.2 Å². The molecule has 0 N–H and O–H groups in total. The molecule has 1 rings (SSSR count). The first-order valence-electron chi connectivity index (χ1n) is 5.39. The summed E-state index contributed by atoms with van der Waals surface area (Å²) in [4.78, 5) is 15.3. The zero-order chi connectivity index (χ0) is 15.3. The van der Waals surface area contributed by atoms with Crippen LogP contribution in [-0.4, -0.2) is 31.0 Å². The third-order valence-corrected chi connectivity index (χ3v) is 2.35. The molecule has 0 bridgehead atoms. The van der Waals surface area contributed by atoms with E-state index in [1.165, 1.54) is 0 Å². The molecule has 0 unspecified atom stereocenters. The van der Waals surface area contributed by atoms with E-state index in [2.05, 4.69) is 14.5 Å². The van der Waals surface area contributed by atoms with E-state index in [0.29, 0.717) is 0 Å². The number of carbonyl (C=O) groups is 1. The summed E-state index contributed by atoms with van der Waals surface area (Å²) >= 11 is 5.59. The van der Waals surface area contributed by atoms with Crippen LogP contribution in [0.25, 0.3) is 0 Å². The minimum atomic E-state index is -4.91. The maximum absolute atomic E-state index is 12.2. The molecule has 9 heteroatoms. The minimum Gasteiger partial charge on any atom is -0.478 e. The molecule has 112 valence electrons. The van der Waals surface area contributed by atoms with Crippen LogP contribution in [0.2, 0.25) is 0 Å². The van der Waals surface area contributed by atoms with Crippen molar-refractivity contribution >= 4 is 17.6 Å². The van der Waals surface area contributed by atoms with Crippen LogP contribution in [0.1, 0.15) is 23.0 Å². The van der Waals surface area contributed by atoms with Crippen LogP contribution in [0.3, 0.4) is 0 Å². The Hall–Kier alpha value is -1.70. The predicted octanol–water partition coefficient (Wildman–Crippen LogP) is 2.90. The van der Waals surface area contributed by atoms with E-state index >= 15 is 0 Å². The molecule has 0 amide bonds. The predicted molar refractivity (Wildman–Crippen MR) is 63.0 cm³/mol. The highest BCUT2D eigenvalue weighted by Gasteiger charge is 2.34. The number of pyridine rings is 1. The van der Waals surface area contributed by atoms with E-state index < -0.39 is 24.0 Å². The second-order valence-corrected chi connectivity index (χ2v) is 3.67. The van der Waals surface area contributed by atoms with E-state index in [1.807, 2.05) is 0 Å². The molecule has 0 fully saturated rings. The Morgan fingerprint density at radius 1 is 1.45 bits per heavy atom. The van der Waals surface area contributed by atoms with Crippen molar-refractivity contribution in [3.05, 3.63) is 17.3 Å². The van der Waals surface area contributed by atoms with Crippen LogP contribution >= 0.6 is 11.6 Å². The molecule has 1 aromatic rings. The van der Waals surface area contributed by atoms with Gasteiger partial charge in [0.15, 0.2) is 11.4 Å². The van der Waals surface area contributed by atoms with E-state index in [9.17, 15) is 18.0 Å². The van der Waals surface area contributed by atoms with Gasteiger partial charge in [0.1, 0.15) is 0 Å². The molecule has 5 nitrogen and oxygen atoms in total. The normalized spacial score (nSPS) is 11.1. The van der Waals surface area contributed by atoms with Gasteiger partial charge in [-0.25, -0.2) is 9.78 Å². The van der Waals surface area contributed by atoms with Crippen LogP contribution in [0.15, 0.2) is 6.07 Å². The van der Waals surface area contributed by atoms with Crippen molar-refractivity contribution in [3.63, 3.8) is 0 Å². The lowest BCUT2D eigenvalue weighted by Crippen LogP contribution is -2.19. The van der Waals surface area contributed by atoms with Gasteiger partial charge in [-0.2, -0.15) is 0 Å². The van der Waals surface area contributed by atoms with E-state index in [-0.39, 0.29) is 23.7 Å². The number of methoxy groups -OCH3 is 1. The third-order valence-electron chi connectivity index (χ3n) is 2.07. The van der Waals surface area contributed by atoms with E-state index in [0.717, 1.165) is 13.2 Å². The van der Waals surface area contributed by atoms with E-state index in [4.69, 9.17) is 16.3 Å². The third kappa shape index (κ3) is 4.16. The number of nitrogens with zero attached hydrogens (tertiary/aromatic N) is 1. The molecule has 0 atom stereocenters. The Bertz CT molecular complexity index is 493. The molecule has 1 aromatic heterocycles. The Balaban J connectivity index is 3.26. The number of hydrogen-bond acceptors (Lipinski definition) is 5. The second-order valence-electron chi connectivity index (χ2n) is 3.41. The summed E-state index contributed by atoms with van der Waals surface area (Å²) in [6.07, 6.45) is -4.91. The van der Waals surface area contributed by atoms with Gasteiger partial charge in [0.2, 0.25) is 0 Å². The summed E-state index contributed by atoms with van der Waals surface area (Å²) in [5, 5.41) is 0.